The van der Waals surface area contributed by atoms with Crippen LogP contribution in [0.2, 0.25) is 0 Å². The molecule has 5 rings (SSSR count). The minimum absolute atomic E-state index is 0.00155. The van der Waals surface area contributed by atoms with E-state index in [-0.39, 0.29) is 36.1 Å². The molecule has 3 atom stereocenters. The van der Waals surface area contributed by atoms with Gasteiger partial charge in [-0.3, -0.25) is 14.4 Å². The van der Waals surface area contributed by atoms with Gasteiger partial charge in [-0.15, -0.1) is 0 Å². The highest BCUT2D eigenvalue weighted by atomic mass is 16.5. The third-order valence-corrected chi connectivity index (χ3v) is 7.56. The molecule has 0 heterocycles. The van der Waals surface area contributed by atoms with Crippen molar-refractivity contribution in [2.24, 2.45) is 17.6 Å². The number of benzene rings is 2. The number of phenolic OH excluding ortho intramolecular Hbond substituents is 1. The number of nitrogens with two attached hydrogens (primary N) is 1. The average Bonchev–Trinajstić information content (AvgIpc) is 2.86. The summed E-state index contributed by atoms with van der Waals surface area (Å²) in [5.74, 6) is -7.24. The van der Waals surface area contributed by atoms with Gasteiger partial charge < -0.3 is 30.9 Å². The lowest BCUT2D eigenvalue weighted by molar-refractivity contribution is -0.147. The van der Waals surface area contributed by atoms with Gasteiger partial charge in [-0.1, -0.05) is 18.2 Å². The molecule has 1 saturated carbocycles. The Morgan fingerprint density at radius 3 is 2.32 bits per heavy atom. The fraction of sp³-hybridized carbons (Fsp3) is 0.259. The van der Waals surface area contributed by atoms with E-state index < -0.39 is 58.0 Å². The van der Waals surface area contributed by atoms with Gasteiger partial charge >= 0.3 is 5.97 Å². The number of carbonyl (C=O) groups is 4. The van der Waals surface area contributed by atoms with Crippen LogP contribution >= 0.6 is 0 Å². The van der Waals surface area contributed by atoms with Crippen LogP contribution in [0.5, 0.6) is 5.75 Å². The summed E-state index contributed by atoms with van der Waals surface area (Å²) in [5, 5.41) is 43.8. The Morgan fingerprint density at radius 2 is 1.70 bits per heavy atom. The average molecular weight is 505 g/mol. The molecule has 0 unspecified atom stereocenters. The Kier molecular flexibility index (Phi) is 5.45. The van der Waals surface area contributed by atoms with Gasteiger partial charge in [-0.25, -0.2) is 4.79 Å². The van der Waals surface area contributed by atoms with Gasteiger partial charge in [0.2, 0.25) is 5.78 Å². The van der Waals surface area contributed by atoms with Crippen molar-refractivity contribution in [2.45, 2.75) is 24.9 Å². The molecule has 0 bridgehead atoms. The van der Waals surface area contributed by atoms with E-state index in [0.717, 1.165) is 0 Å². The smallest absolute Gasteiger partial charge is 0.337 e. The van der Waals surface area contributed by atoms with E-state index in [1.807, 2.05) is 0 Å². The third kappa shape index (κ3) is 3.36. The number of hydrogen-bond acceptors (Lipinski definition) is 9. The van der Waals surface area contributed by atoms with Crippen molar-refractivity contribution < 1.29 is 44.3 Å². The van der Waals surface area contributed by atoms with Crippen LogP contribution in [0, 0.1) is 11.8 Å². The molecule has 10 nitrogen and oxygen atoms in total. The fourth-order valence-corrected chi connectivity index (χ4v) is 5.80. The first-order chi connectivity index (χ1) is 17.5. The maximum atomic E-state index is 13.6. The summed E-state index contributed by atoms with van der Waals surface area (Å²) in [7, 11) is 1.27. The zero-order valence-electron chi connectivity index (χ0n) is 19.6. The van der Waals surface area contributed by atoms with Crippen LogP contribution in [-0.4, -0.2) is 56.6 Å². The number of ketones is 2. The molecule has 1 amide bonds. The maximum absolute atomic E-state index is 13.6. The first kappa shape index (κ1) is 24.3. The summed E-state index contributed by atoms with van der Waals surface area (Å²) in [4.78, 5) is 49.6. The number of amides is 1. The Morgan fingerprint density at radius 1 is 1.03 bits per heavy atom. The zero-order chi connectivity index (χ0) is 26.8. The molecule has 3 aliphatic carbocycles. The van der Waals surface area contributed by atoms with Crippen molar-refractivity contribution >= 4 is 29.2 Å². The number of esters is 1. The molecule has 0 radical (unpaired) electrons. The van der Waals surface area contributed by atoms with Crippen LogP contribution < -0.4 is 5.73 Å². The van der Waals surface area contributed by atoms with Crippen molar-refractivity contribution in [3.05, 3.63) is 70.0 Å². The predicted molar refractivity (Wildman–Crippen MR) is 128 cm³/mol. The van der Waals surface area contributed by atoms with Crippen LogP contribution in [0.25, 0.3) is 16.9 Å². The van der Waals surface area contributed by atoms with E-state index in [9.17, 15) is 39.6 Å². The number of rotatable bonds is 3. The number of carbonyl (C=O) groups excluding carboxylic acids is 4. The summed E-state index contributed by atoms with van der Waals surface area (Å²) in [6.07, 6.45) is -0.167. The van der Waals surface area contributed by atoms with Gasteiger partial charge in [0.25, 0.3) is 5.91 Å². The standard InChI is InChI=1S/C27H23NO9/c1-37-26(35)12-4-2-11(3-5-12)15-6-7-17(29)20-16(15)9-13-8-14-10-18(30)21(25(28)34)24(33)27(14,36)23(32)19(13)22(20)31/h2-7,13-14,29,31,33,36H,8-10H2,1H3,(H2,28,34)/t13-,14+,27+/m1/s1. The molecular formula is C27H23NO9. The second kappa shape index (κ2) is 8.31. The van der Waals surface area contributed by atoms with Gasteiger partial charge in [0.1, 0.15) is 22.8 Å². The van der Waals surface area contributed by atoms with E-state index in [0.29, 0.717) is 22.3 Å². The normalized spacial score (nSPS) is 24.8. The van der Waals surface area contributed by atoms with Gasteiger partial charge in [0.05, 0.1) is 18.2 Å². The van der Waals surface area contributed by atoms with E-state index in [1.165, 1.54) is 13.2 Å². The van der Waals surface area contributed by atoms with Crippen LogP contribution in [-0.2, 0) is 25.5 Å². The first-order valence-corrected chi connectivity index (χ1v) is 11.5. The lowest BCUT2D eigenvalue weighted by atomic mass is 9.59. The summed E-state index contributed by atoms with van der Waals surface area (Å²) in [5.41, 5.74) is 3.76. The van der Waals surface area contributed by atoms with Crippen molar-refractivity contribution in [2.75, 3.05) is 7.11 Å². The van der Waals surface area contributed by atoms with Gasteiger partial charge in [0.15, 0.2) is 11.4 Å². The second-order valence-corrected chi connectivity index (χ2v) is 9.46. The van der Waals surface area contributed by atoms with E-state index >= 15 is 0 Å². The minimum Gasteiger partial charge on any atom is -0.508 e. The Bertz CT molecular complexity index is 1470. The minimum atomic E-state index is -2.60. The van der Waals surface area contributed by atoms with Crippen molar-refractivity contribution in [3.63, 3.8) is 0 Å². The summed E-state index contributed by atoms with van der Waals surface area (Å²) >= 11 is 0. The number of phenols is 1. The van der Waals surface area contributed by atoms with Crippen LogP contribution in [0.4, 0.5) is 0 Å². The molecule has 0 aliphatic heterocycles. The molecule has 190 valence electrons. The van der Waals surface area contributed by atoms with Crippen molar-refractivity contribution in [1.82, 2.24) is 0 Å². The van der Waals surface area contributed by atoms with E-state index in [1.54, 1.807) is 30.3 Å². The maximum Gasteiger partial charge on any atom is 0.337 e. The van der Waals surface area contributed by atoms with Crippen LogP contribution in [0.1, 0.15) is 34.3 Å². The SMILES string of the molecule is COC(=O)c1ccc(-c2ccc(O)c3c2C[C@H]2C[C@H]4CC(=O)C(C(N)=O)=C(O)[C@@]4(O)C(=O)C2=C3O)cc1. The summed E-state index contributed by atoms with van der Waals surface area (Å²) in [6, 6.07) is 9.54. The lowest BCUT2D eigenvalue weighted by Gasteiger charge is -2.46. The summed E-state index contributed by atoms with van der Waals surface area (Å²) in [6.45, 7) is 0. The number of methoxy groups -OCH3 is 1. The van der Waals surface area contributed by atoms with Crippen LogP contribution in [0.15, 0.2) is 53.3 Å². The fourth-order valence-electron chi connectivity index (χ4n) is 5.80. The Labute approximate surface area is 210 Å². The third-order valence-electron chi connectivity index (χ3n) is 7.56. The second-order valence-electron chi connectivity index (χ2n) is 9.46. The zero-order valence-corrected chi connectivity index (χ0v) is 19.6. The topological polar surface area (TPSA) is 184 Å². The molecule has 0 saturated heterocycles. The highest BCUT2D eigenvalue weighted by Gasteiger charge is 2.60. The molecule has 0 aromatic heterocycles. The molecule has 1 fully saturated rings. The number of aliphatic hydroxyl groups excluding tert-OH is 2. The molecule has 2 aromatic carbocycles. The molecular weight excluding hydrogens is 482 g/mol. The number of aliphatic hydroxyl groups is 3. The Balaban J connectivity index is 1.65. The molecule has 37 heavy (non-hydrogen) atoms. The molecule has 2 aromatic rings. The van der Waals surface area contributed by atoms with Gasteiger partial charge in [-0.2, -0.15) is 0 Å². The van der Waals surface area contributed by atoms with E-state index in [4.69, 9.17) is 10.5 Å². The number of ether oxygens (including phenoxy) is 1. The molecule has 10 heteroatoms. The van der Waals surface area contributed by atoms with Gasteiger partial charge in [-0.05, 0) is 53.6 Å². The quantitative estimate of drug-likeness (QED) is 0.307. The highest BCUT2D eigenvalue weighted by molar-refractivity contribution is 6.22. The number of primary amides is 1. The van der Waals surface area contributed by atoms with E-state index in [2.05, 4.69) is 0 Å². The number of hydrogen-bond donors (Lipinski definition) is 5. The monoisotopic (exact) mass is 505 g/mol. The van der Waals surface area contributed by atoms with Crippen molar-refractivity contribution in [3.8, 4) is 16.9 Å². The van der Waals surface area contributed by atoms with Gasteiger partial charge in [0, 0.05) is 17.9 Å². The Hall–Kier alpha value is -4.44. The summed E-state index contributed by atoms with van der Waals surface area (Å²) < 4.78 is 4.72. The molecule has 0 spiro atoms. The van der Waals surface area contributed by atoms with Crippen molar-refractivity contribution in [1.29, 1.82) is 0 Å². The largest absolute Gasteiger partial charge is 0.508 e. The number of aromatic hydroxyl groups is 1. The predicted octanol–water partition coefficient (Wildman–Crippen LogP) is 1.88. The molecule has 3 aliphatic rings. The van der Waals surface area contributed by atoms with Crippen LogP contribution in [0.3, 0.4) is 0 Å². The first-order valence-electron chi connectivity index (χ1n) is 11.5. The highest BCUT2D eigenvalue weighted by Crippen LogP contribution is 2.53. The molecule has 6 N–H and O–H groups in total. The number of Topliss-reactive ketones (excluding diaryl/α,β-unsaturated/α-hetero) is 2. The number of fused-ring (bicyclic) bond motifs is 3. The lowest BCUT2D eigenvalue weighted by Crippen LogP contribution is -2.58.